The summed E-state index contributed by atoms with van der Waals surface area (Å²) in [4.78, 5) is 25.7. The van der Waals surface area contributed by atoms with E-state index in [4.69, 9.17) is 0 Å². The first-order valence-corrected chi connectivity index (χ1v) is 7.14. The van der Waals surface area contributed by atoms with Gasteiger partial charge in [0.2, 0.25) is 5.91 Å². The molecule has 2 aliphatic rings. The number of hydrogen-bond acceptors (Lipinski definition) is 2. The van der Waals surface area contributed by atoms with Gasteiger partial charge in [0.1, 0.15) is 0 Å². The van der Waals surface area contributed by atoms with Crippen molar-refractivity contribution in [3.05, 3.63) is 0 Å². The van der Waals surface area contributed by atoms with Crippen LogP contribution in [0.2, 0.25) is 0 Å². The van der Waals surface area contributed by atoms with Gasteiger partial charge in [0.25, 0.3) is 0 Å². The Kier molecular flexibility index (Phi) is 4.25. The molecule has 18 heavy (non-hydrogen) atoms. The van der Waals surface area contributed by atoms with Crippen LogP contribution in [0, 0.1) is 11.8 Å². The van der Waals surface area contributed by atoms with Crippen molar-refractivity contribution in [2.45, 2.75) is 57.9 Å². The minimum atomic E-state index is -0.798. The third-order valence-corrected chi connectivity index (χ3v) is 4.49. The Bertz CT molecular complexity index is 329. The van der Waals surface area contributed by atoms with E-state index in [0.29, 0.717) is 6.42 Å². The second kappa shape index (κ2) is 5.72. The predicted octanol–water partition coefficient (Wildman–Crippen LogP) is 2.28. The summed E-state index contributed by atoms with van der Waals surface area (Å²) >= 11 is 0. The van der Waals surface area contributed by atoms with Crippen molar-refractivity contribution in [1.29, 1.82) is 0 Å². The molecule has 2 fully saturated rings. The van der Waals surface area contributed by atoms with Crippen molar-refractivity contribution in [2.24, 2.45) is 11.8 Å². The van der Waals surface area contributed by atoms with E-state index in [0.717, 1.165) is 32.2 Å². The highest BCUT2D eigenvalue weighted by atomic mass is 16.4. The molecule has 0 aromatic rings. The zero-order valence-electron chi connectivity index (χ0n) is 11.1. The fraction of sp³-hybridized carbons (Fsp3) is 0.857. The smallest absolute Gasteiger partial charge is 0.307 e. The number of rotatable bonds is 2. The normalized spacial score (nSPS) is 33.2. The first-order valence-electron chi connectivity index (χ1n) is 7.14. The molecule has 1 unspecified atom stereocenters. The molecule has 1 heterocycles. The van der Waals surface area contributed by atoms with Gasteiger partial charge >= 0.3 is 5.97 Å². The summed E-state index contributed by atoms with van der Waals surface area (Å²) in [7, 11) is 0. The summed E-state index contributed by atoms with van der Waals surface area (Å²) in [5.41, 5.74) is 0. The van der Waals surface area contributed by atoms with Crippen LogP contribution in [0.3, 0.4) is 0 Å². The van der Waals surface area contributed by atoms with E-state index in [2.05, 4.69) is 6.92 Å². The second-order valence-corrected chi connectivity index (χ2v) is 5.71. The van der Waals surface area contributed by atoms with Crippen molar-refractivity contribution in [3.8, 4) is 0 Å². The van der Waals surface area contributed by atoms with E-state index in [1.165, 1.54) is 12.8 Å². The molecule has 0 bridgehead atoms. The lowest BCUT2D eigenvalue weighted by atomic mass is 9.94. The fourth-order valence-corrected chi connectivity index (χ4v) is 3.37. The topological polar surface area (TPSA) is 57.6 Å². The summed E-state index contributed by atoms with van der Waals surface area (Å²) in [5, 5.41) is 9.18. The first kappa shape index (κ1) is 13.4. The number of nitrogens with zero attached hydrogens (tertiary/aromatic N) is 1. The lowest BCUT2D eigenvalue weighted by molar-refractivity contribution is -0.150. The minimum absolute atomic E-state index is 0.0919. The molecule has 0 radical (unpaired) electrons. The van der Waals surface area contributed by atoms with Crippen molar-refractivity contribution in [1.82, 2.24) is 4.90 Å². The molecule has 3 atom stereocenters. The molecule has 4 nitrogen and oxygen atoms in total. The van der Waals surface area contributed by atoms with E-state index >= 15 is 0 Å². The second-order valence-electron chi connectivity index (χ2n) is 5.71. The van der Waals surface area contributed by atoms with Gasteiger partial charge in [0, 0.05) is 12.6 Å². The monoisotopic (exact) mass is 253 g/mol. The maximum atomic E-state index is 12.5. The summed E-state index contributed by atoms with van der Waals surface area (Å²) < 4.78 is 0. The van der Waals surface area contributed by atoms with Crippen LogP contribution in [-0.2, 0) is 9.59 Å². The molecule has 0 aromatic carbocycles. The molecule has 1 aliphatic heterocycles. The first-order chi connectivity index (χ1) is 8.61. The lowest BCUT2D eigenvalue weighted by Crippen LogP contribution is -2.43. The molecule has 1 saturated heterocycles. The molecule has 0 aromatic heterocycles. The Morgan fingerprint density at radius 2 is 1.72 bits per heavy atom. The van der Waals surface area contributed by atoms with Gasteiger partial charge in [-0.3, -0.25) is 9.59 Å². The molecule has 2 rings (SSSR count). The van der Waals surface area contributed by atoms with E-state index < -0.39 is 11.9 Å². The van der Waals surface area contributed by atoms with E-state index in [-0.39, 0.29) is 17.9 Å². The van der Waals surface area contributed by atoms with Gasteiger partial charge in [-0.25, -0.2) is 0 Å². The van der Waals surface area contributed by atoms with Crippen LogP contribution in [0.5, 0.6) is 0 Å². The summed E-state index contributed by atoms with van der Waals surface area (Å²) in [6.45, 7) is 2.90. The van der Waals surface area contributed by atoms with Crippen LogP contribution in [0.15, 0.2) is 0 Å². The third kappa shape index (κ3) is 2.68. The van der Waals surface area contributed by atoms with Gasteiger partial charge in [-0.2, -0.15) is 0 Å². The third-order valence-electron chi connectivity index (χ3n) is 4.49. The van der Waals surface area contributed by atoms with Crippen molar-refractivity contribution >= 4 is 11.9 Å². The molecule has 0 spiro atoms. The predicted molar refractivity (Wildman–Crippen MR) is 68.1 cm³/mol. The zero-order chi connectivity index (χ0) is 13.1. The van der Waals surface area contributed by atoms with Gasteiger partial charge < -0.3 is 10.0 Å². The number of hydrogen-bond donors (Lipinski definition) is 1. The van der Waals surface area contributed by atoms with Gasteiger partial charge in [-0.05, 0) is 32.6 Å². The highest BCUT2D eigenvalue weighted by Gasteiger charge is 2.40. The van der Waals surface area contributed by atoms with Crippen LogP contribution in [0.1, 0.15) is 51.9 Å². The SMILES string of the molecule is CC1CCCCCN1C(=O)[C@@H]1CCC[C@@H]1C(=O)O. The molecule has 4 heteroatoms. The number of likely N-dealkylation sites (tertiary alicyclic amines) is 1. The quantitative estimate of drug-likeness (QED) is 0.821. The van der Waals surface area contributed by atoms with Gasteiger partial charge in [0.05, 0.1) is 11.8 Å². The van der Waals surface area contributed by atoms with E-state index in [1.54, 1.807) is 0 Å². The van der Waals surface area contributed by atoms with Crippen LogP contribution < -0.4 is 0 Å². The highest BCUT2D eigenvalue weighted by molar-refractivity contribution is 5.85. The molecular formula is C14H23NO3. The van der Waals surface area contributed by atoms with E-state index in [9.17, 15) is 14.7 Å². The Labute approximate surface area is 108 Å². The Morgan fingerprint density at radius 1 is 1.00 bits per heavy atom. The molecule has 1 saturated carbocycles. The molecular weight excluding hydrogens is 230 g/mol. The number of amides is 1. The highest BCUT2D eigenvalue weighted by Crippen LogP contribution is 2.34. The van der Waals surface area contributed by atoms with Crippen molar-refractivity contribution in [2.75, 3.05) is 6.54 Å². The van der Waals surface area contributed by atoms with Crippen molar-refractivity contribution in [3.63, 3.8) is 0 Å². The molecule has 1 aliphatic carbocycles. The largest absolute Gasteiger partial charge is 0.481 e. The average molecular weight is 253 g/mol. The van der Waals surface area contributed by atoms with Gasteiger partial charge in [0.15, 0.2) is 0 Å². The van der Waals surface area contributed by atoms with Gasteiger partial charge in [-0.15, -0.1) is 0 Å². The molecule has 1 N–H and O–H groups in total. The van der Waals surface area contributed by atoms with Crippen molar-refractivity contribution < 1.29 is 14.7 Å². The summed E-state index contributed by atoms with van der Waals surface area (Å²) in [6.07, 6.45) is 6.75. The number of aliphatic carboxylic acids is 1. The number of carboxylic acids is 1. The standard InChI is InChI=1S/C14H23NO3/c1-10-6-3-2-4-9-15(10)13(16)11-7-5-8-12(11)14(17)18/h10-12H,2-9H2,1H3,(H,17,18)/t10?,11-,12+/m1/s1. The lowest BCUT2D eigenvalue weighted by Gasteiger charge is -2.31. The van der Waals surface area contributed by atoms with Crippen LogP contribution in [-0.4, -0.2) is 34.5 Å². The van der Waals surface area contributed by atoms with E-state index in [1.807, 2.05) is 4.90 Å². The van der Waals surface area contributed by atoms with Crippen LogP contribution >= 0.6 is 0 Å². The molecule has 102 valence electrons. The Morgan fingerprint density at radius 3 is 2.44 bits per heavy atom. The van der Waals surface area contributed by atoms with Crippen LogP contribution in [0.4, 0.5) is 0 Å². The minimum Gasteiger partial charge on any atom is -0.481 e. The summed E-state index contributed by atoms with van der Waals surface area (Å²) in [5.74, 6) is -1.43. The number of carboxylic acid groups (broad SMARTS) is 1. The number of carbonyl (C=O) groups excluding carboxylic acids is 1. The average Bonchev–Trinajstić information content (AvgIpc) is 2.72. The Balaban J connectivity index is 2.07. The van der Waals surface area contributed by atoms with Gasteiger partial charge in [-0.1, -0.05) is 19.3 Å². The fourth-order valence-electron chi connectivity index (χ4n) is 3.37. The van der Waals surface area contributed by atoms with Crippen LogP contribution in [0.25, 0.3) is 0 Å². The zero-order valence-corrected chi connectivity index (χ0v) is 11.1. The molecule has 1 amide bonds. The summed E-state index contributed by atoms with van der Waals surface area (Å²) in [6, 6.07) is 0.273. The maximum absolute atomic E-state index is 12.5. The Hall–Kier alpha value is -1.06. The maximum Gasteiger partial charge on any atom is 0.307 e. The number of carbonyl (C=O) groups is 2.